The number of likely N-dealkylation sites (tertiary alicyclic amines) is 1. The van der Waals surface area contributed by atoms with Crippen LogP contribution in [0.2, 0.25) is 0 Å². The average Bonchev–Trinajstić information content (AvgIpc) is 3.19. The van der Waals surface area contributed by atoms with E-state index in [-0.39, 0.29) is 48.8 Å². The first kappa shape index (κ1) is 22.5. The number of carbonyl (C=O) groups excluding carboxylic acids is 1. The largest absolute Gasteiger partial charge is 0.375 e. The predicted molar refractivity (Wildman–Crippen MR) is 108 cm³/mol. The van der Waals surface area contributed by atoms with Crippen LogP contribution in [0.15, 0.2) is 28.9 Å². The molecule has 4 heterocycles. The number of carbonyl (C=O) groups is 1. The number of amides is 1. The van der Waals surface area contributed by atoms with Gasteiger partial charge in [-0.05, 0) is 31.9 Å². The van der Waals surface area contributed by atoms with Crippen molar-refractivity contribution in [1.82, 2.24) is 25.3 Å². The summed E-state index contributed by atoms with van der Waals surface area (Å²) < 4.78 is 11.0. The number of nitrogens with zero attached hydrogens (tertiary/aromatic N) is 4. The Kier molecular flexibility index (Phi) is 8.18. The molecule has 2 atom stereocenters. The van der Waals surface area contributed by atoms with Crippen LogP contribution in [0.3, 0.4) is 0 Å². The quantitative estimate of drug-likeness (QED) is 0.797. The van der Waals surface area contributed by atoms with Gasteiger partial charge in [-0.2, -0.15) is 4.98 Å². The van der Waals surface area contributed by atoms with Crippen molar-refractivity contribution in [2.24, 2.45) is 0 Å². The van der Waals surface area contributed by atoms with E-state index in [0.29, 0.717) is 37.1 Å². The molecule has 0 bridgehead atoms. The van der Waals surface area contributed by atoms with Crippen molar-refractivity contribution in [3.8, 4) is 11.5 Å². The Morgan fingerprint density at radius 1 is 1.25 bits per heavy atom. The maximum Gasteiger partial charge on any atom is 0.242 e. The number of rotatable bonds is 3. The van der Waals surface area contributed by atoms with Crippen LogP contribution in [0.4, 0.5) is 0 Å². The highest BCUT2D eigenvalue weighted by molar-refractivity contribution is 5.85. The van der Waals surface area contributed by atoms with Crippen molar-refractivity contribution >= 4 is 30.7 Å². The lowest BCUT2D eigenvalue weighted by molar-refractivity contribution is -0.140. The van der Waals surface area contributed by atoms with E-state index in [0.717, 1.165) is 19.4 Å². The highest BCUT2D eigenvalue weighted by Gasteiger charge is 2.34. The SMILES string of the molecule is C[C@H]1OCCN[C@@H]1C(=O)N1CCC(c2nc(-c3ccccn3)no2)CC1.Cl.Cl. The molecule has 2 saturated heterocycles. The molecule has 154 valence electrons. The molecule has 8 nitrogen and oxygen atoms in total. The van der Waals surface area contributed by atoms with Crippen molar-refractivity contribution < 1.29 is 14.1 Å². The number of aromatic nitrogens is 3. The predicted octanol–water partition coefficient (Wildman–Crippen LogP) is 2.06. The fourth-order valence-electron chi connectivity index (χ4n) is 3.55. The molecule has 4 rings (SSSR count). The van der Waals surface area contributed by atoms with Gasteiger partial charge in [-0.25, -0.2) is 0 Å². The molecule has 2 aliphatic rings. The maximum atomic E-state index is 12.7. The van der Waals surface area contributed by atoms with Crippen molar-refractivity contribution in [3.05, 3.63) is 30.3 Å². The second-order valence-corrected chi connectivity index (χ2v) is 6.78. The number of halogens is 2. The van der Waals surface area contributed by atoms with Crippen LogP contribution in [0.1, 0.15) is 31.6 Å². The number of nitrogens with one attached hydrogen (secondary N) is 1. The third-order valence-electron chi connectivity index (χ3n) is 5.07. The summed E-state index contributed by atoms with van der Waals surface area (Å²) in [7, 11) is 0. The van der Waals surface area contributed by atoms with Gasteiger partial charge >= 0.3 is 0 Å². The number of ether oxygens (including phenoxy) is 1. The molecule has 1 amide bonds. The fraction of sp³-hybridized carbons (Fsp3) is 0.556. The number of morpholine rings is 1. The van der Waals surface area contributed by atoms with E-state index in [9.17, 15) is 4.79 Å². The summed E-state index contributed by atoms with van der Waals surface area (Å²) >= 11 is 0. The van der Waals surface area contributed by atoms with Crippen molar-refractivity contribution in [2.75, 3.05) is 26.2 Å². The van der Waals surface area contributed by atoms with Gasteiger partial charge < -0.3 is 19.5 Å². The molecular weight excluding hydrogens is 405 g/mol. The van der Waals surface area contributed by atoms with Gasteiger partial charge in [-0.15, -0.1) is 24.8 Å². The Morgan fingerprint density at radius 3 is 2.71 bits per heavy atom. The highest BCUT2D eigenvalue weighted by atomic mass is 35.5. The van der Waals surface area contributed by atoms with E-state index in [1.165, 1.54) is 0 Å². The Labute approximate surface area is 176 Å². The first-order valence-electron chi connectivity index (χ1n) is 9.11. The van der Waals surface area contributed by atoms with E-state index in [4.69, 9.17) is 9.26 Å². The molecule has 1 N–H and O–H groups in total. The smallest absolute Gasteiger partial charge is 0.242 e. The van der Waals surface area contributed by atoms with Gasteiger partial charge in [0.15, 0.2) is 0 Å². The monoisotopic (exact) mass is 429 g/mol. The Balaban J connectivity index is 0.00000140. The van der Waals surface area contributed by atoms with Gasteiger partial charge in [-0.1, -0.05) is 11.2 Å². The molecule has 0 aliphatic carbocycles. The van der Waals surface area contributed by atoms with Crippen LogP contribution in [0.25, 0.3) is 11.5 Å². The molecule has 0 saturated carbocycles. The molecule has 2 aromatic rings. The van der Waals surface area contributed by atoms with Gasteiger partial charge in [0.1, 0.15) is 11.7 Å². The van der Waals surface area contributed by atoms with Crippen LogP contribution in [0, 0.1) is 0 Å². The van der Waals surface area contributed by atoms with Gasteiger partial charge in [0.2, 0.25) is 17.6 Å². The van der Waals surface area contributed by atoms with E-state index < -0.39 is 0 Å². The second kappa shape index (κ2) is 10.2. The molecule has 28 heavy (non-hydrogen) atoms. The van der Waals surface area contributed by atoms with Crippen molar-refractivity contribution in [3.63, 3.8) is 0 Å². The van der Waals surface area contributed by atoms with Gasteiger partial charge in [-0.3, -0.25) is 9.78 Å². The summed E-state index contributed by atoms with van der Waals surface area (Å²) in [5.74, 6) is 1.44. The standard InChI is InChI=1S/C18H23N5O3.2ClH/c1-12-15(20-8-11-25-12)18(24)23-9-5-13(6-10-23)17-21-16(22-26-17)14-4-2-3-7-19-14;;/h2-4,7,12-13,15,20H,5-6,8-11H2,1H3;2*1H/t12-,15+;;/m1../s1. The lowest BCUT2D eigenvalue weighted by Crippen LogP contribution is -2.57. The molecule has 0 unspecified atom stereocenters. The molecule has 0 aromatic carbocycles. The summed E-state index contributed by atoms with van der Waals surface area (Å²) in [6.07, 6.45) is 3.25. The average molecular weight is 430 g/mol. The van der Waals surface area contributed by atoms with E-state index in [1.54, 1.807) is 6.20 Å². The third-order valence-corrected chi connectivity index (χ3v) is 5.07. The summed E-state index contributed by atoms with van der Waals surface area (Å²) in [5.41, 5.74) is 0.701. The van der Waals surface area contributed by atoms with Crippen molar-refractivity contribution in [2.45, 2.75) is 37.8 Å². The van der Waals surface area contributed by atoms with Crippen LogP contribution < -0.4 is 5.32 Å². The zero-order valence-electron chi connectivity index (χ0n) is 15.6. The Bertz CT molecular complexity index is 753. The first-order valence-corrected chi connectivity index (χ1v) is 9.11. The van der Waals surface area contributed by atoms with Gasteiger partial charge in [0.05, 0.1) is 12.7 Å². The summed E-state index contributed by atoms with van der Waals surface area (Å²) in [6.45, 7) is 4.70. The minimum atomic E-state index is -0.250. The van der Waals surface area contributed by atoms with E-state index in [2.05, 4.69) is 20.4 Å². The number of piperidine rings is 1. The minimum absolute atomic E-state index is 0. The molecule has 2 fully saturated rings. The molecule has 2 aliphatic heterocycles. The van der Waals surface area contributed by atoms with Crippen LogP contribution in [-0.4, -0.2) is 64.3 Å². The summed E-state index contributed by atoms with van der Waals surface area (Å²) in [6, 6.07) is 5.35. The lowest BCUT2D eigenvalue weighted by Gasteiger charge is -2.36. The number of pyridine rings is 1. The molecule has 0 spiro atoms. The Morgan fingerprint density at radius 2 is 2.04 bits per heavy atom. The van der Waals surface area contributed by atoms with Crippen molar-refractivity contribution in [1.29, 1.82) is 0 Å². The highest BCUT2D eigenvalue weighted by Crippen LogP contribution is 2.28. The molecule has 2 aromatic heterocycles. The molecule has 10 heteroatoms. The molecular formula is C18H25Cl2N5O3. The Hall–Kier alpha value is -1.74. The number of hydrogen-bond donors (Lipinski definition) is 1. The van der Waals surface area contributed by atoms with E-state index >= 15 is 0 Å². The maximum absolute atomic E-state index is 12.7. The zero-order valence-corrected chi connectivity index (χ0v) is 17.2. The summed E-state index contributed by atoms with van der Waals surface area (Å²) in [4.78, 5) is 23.4. The van der Waals surface area contributed by atoms with E-state index in [1.807, 2.05) is 30.0 Å². The van der Waals surface area contributed by atoms with Gasteiger partial charge in [0.25, 0.3) is 0 Å². The fourth-order valence-corrected chi connectivity index (χ4v) is 3.55. The van der Waals surface area contributed by atoms with Gasteiger partial charge in [0, 0.05) is 31.7 Å². The number of hydrogen-bond acceptors (Lipinski definition) is 7. The second-order valence-electron chi connectivity index (χ2n) is 6.78. The first-order chi connectivity index (χ1) is 12.7. The molecule has 0 radical (unpaired) electrons. The topological polar surface area (TPSA) is 93.4 Å². The minimum Gasteiger partial charge on any atom is -0.375 e. The van der Waals surface area contributed by atoms with Crippen LogP contribution in [0.5, 0.6) is 0 Å². The summed E-state index contributed by atoms with van der Waals surface area (Å²) in [5, 5.41) is 7.31. The van der Waals surface area contributed by atoms with Crippen LogP contribution >= 0.6 is 24.8 Å². The van der Waals surface area contributed by atoms with Crippen LogP contribution in [-0.2, 0) is 9.53 Å². The third kappa shape index (κ3) is 4.81. The zero-order chi connectivity index (χ0) is 17.9. The lowest BCUT2D eigenvalue weighted by atomic mass is 9.95. The normalized spacial score (nSPS) is 22.8.